The summed E-state index contributed by atoms with van der Waals surface area (Å²) in [7, 11) is 0. The van der Waals surface area contributed by atoms with Crippen molar-refractivity contribution in [2.75, 3.05) is 43.0 Å². The van der Waals surface area contributed by atoms with E-state index in [0.29, 0.717) is 12.2 Å². The van der Waals surface area contributed by atoms with Crippen molar-refractivity contribution >= 4 is 17.4 Å². The Balaban J connectivity index is 1.64. The normalized spacial score (nSPS) is 17.3. The fraction of sp³-hybridized carbons (Fsp3) is 0.391. The van der Waals surface area contributed by atoms with Gasteiger partial charge < -0.3 is 15.3 Å². The molecule has 1 amide bonds. The summed E-state index contributed by atoms with van der Waals surface area (Å²) in [6, 6.07) is 7.74. The average Bonchev–Trinajstić information content (AvgIpc) is 3.05. The monoisotopic (exact) mass is 448 g/mol. The maximum Gasteiger partial charge on any atom is 0.416 e. The van der Waals surface area contributed by atoms with Gasteiger partial charge in [-0.25, -0.2) is 4.98 Å². The molecular weight excluding hydrogens is 421 g/mol. The van der Waals surface area contributed by atoms with Crippen LogP contribution in [0.1, 0.15) is 29.3 Å². The van der Waals surface area contributed by atoms with Gasteiger partial charge in [0.25, 0.3) is 5.91 Å². The van der Waals surface area contributed by atoms with E-state index >= 15 is 0 Å². The second kappa shape index (κ2) is 9.70. The van der Waals surface area contributed by atoms with Gasteiger partial charge in [0.1, 0.15) is 5.82 Å². The number of carbonyl (C=O) groups is 1. The number of hydrogen-bond acceptors (Lipinski definition) is 5. The molecule has 3 rings (SSSR count). The second-order valence-corrected chi connectivity index (χ2v) is 7.98. The third-order valence-electron chi connectivity index (χ3n) is 5.76. The van der Waals surface area contributed by atoms with Crippen LogP contribution in [0.3, 0.4) is 0 Å². The highest BCUT2D eigenvalue weighted by Gasteiger charge is 2.31. The highest BCUT2D eigenvalue weighted by molar-refractivity contribution is 6.04. The Labute approximate surface area is 185 Å². The lowest BCUT2D eigenvalue weighted by molar-refractivity contribution is -0.137. The summed E-state index contributed by atoms with van der Waals surface area (Å²) in [4.78, 5) is 21.1. The van der Waals surface area contributed by atoms with Crippen molar-refractivity contribution in [1.82, 2.24) is 9.88 Å². The predicted molar refractivity (Wildman–Crippen MR) is 118 cm³/mol. The van der Waals surface area contributed by atoms with Crippen molar-refractivity contribution in [3.8, 4) is 0 Å². The van der Waals surface area contributed by atoms with Crippen molar-refractivity contribution in [2.24, 2.45) is 0 Å². The van der Waals surface area contributed by atoms with Crippen LogP contribution in [0.5, 0.6) is 0 Å². The van der Waals surface area contributed by atoms with E-state index in [4.69, 9.17) is 0 Å². The molecule has 1 saturated heterocycles. The van der Waals surface area contributed by atoms with Crippen LogP contribution in [0.4, 0.5) is 24.7 Å². The Bertz CT molecular complexity index is 949. The minimum absolute atomic E-state index is 0.00494. The molecule has 0 bridgehead atoms. The second-order valence-electron chi connectivity index (χ2n) is 7.98. The fourth-order valence-corrected chi connectivity index (χ4v) is 3.64. The molecule has 1 aliphatic rings. The quantitative estimate of drug-likeness (QED) is 0.658. The minimum atomic E-state index is -4.51. The van der Waals surface area contributed by atoms with E-state index in [2.05, 4.69) is 26.7 Å². The van der Waals surface area contributed by atoms with Gasteiger partial charge in [0.15, 0.2) is 0 Å². The number of nitrogens with one attached hydrogen (secondary N) is 1. The van der Waals surface area contributed by atoms with Crippen molar-refractivity contribution in [3.05, 3.63) is 66.4 Å². The highest BCUT2D eigenvalue weighted by Crippen LogP contribution is 2.29. The smallest absolute Gasteiger partial charge is 0.394 e. The SMILES string of the molecule is C=CC(C)(CO)N1CCCN(c2ccc(NC(=O)c3cccc(C(F)(F)F)c3)cn2)CC1. The van der Waals surface area contributed by atoms with Crippen molar-refractivity contribution in [2.45, 2.75) is 25.1 Å². The molecule has 2 aromatic rings. The molecule has 1 atom stereocenters. The van der Waals surface area contributed by atoms with Gasteiger partial charge in [-0.15, -0.1) is 6.58 Å². The molecule has 1 aromatic carbocycles. The molecule has 2 heterocycles. The number of pyridine rings is 1. The van der Waals surface area contributed by atoms with E-state index in [9.17, 15) is 23.1 Å². The number of amides is 1. The molecule has 172 valence electrons. The number of alkyl halides is 3. The first-order chi connectivity index (χ1) is 15.2. The number of halogens is 3. The predicted octanol–water partition coefficient (Wildman–Crippen LogP) is 3.80. The first-order valence-electron chi connectivity index (χ1n) is 10.4. The molecule has 9 heteroatoms. The summed E-state index contributed by atoms with van der Waals surface area (Å²) >= 11 is 0. The summed E-state index contributed by atoms with van der Waals surface area (Å²) in [6.45, 7) is 8.85. The van der Waals surface area contributed by atoms with Crippen LogP contribution >= 0.6 is 0 Å². The van der Waals surface area contributed by atoms with Gasteiger partial charge in [-0.05, 0) is 43.7 Å². The van der Waals surface area contributed by atoms with Crippen LogP contribution in [-0.2, 0) is 6.18 Å². The Morgan fingerprint density at radius 1 is 1.22 bits per heavy atom. The van der Waals surface area contributed by atoms with Crippen LogP contribution in [0.25, 0.3) is 0 Å². The molecule has 0 aliphatic carbocycles. The summed E-state index contributed by atoms with van der Waals surface area (Å²) in [5.41, 5.74) is -1.03. The van der Waals surface area contributed by atoms with E-state index in [0.717, 1.165) is 44.0 Å². The number of benzene rings is 1. The van der Waals surface area contributed by atoms with Crippen LogP contribution in [0.15, 0.2) is 55.3 Å². The number of rotatable bonds is 6. The fourth-order valence-electron chi connectivity index (χ4n) is 3.64. The molecule has 1 aliphatic heterocycles. The number of aliphatic hydroxyl groups is 1. The number of carbonyl (C=O) groups excluding carboxylic acids is 1. The van der Waals surface area contributed by atoms with E-state index < -0.39 is 23.2 Å². The largest absolute Gasteiger partial charge is 0.416 e. The first-order valence-corrected chi connectivity index (χ1v) is 10.4. The van der Waals surface area contributed by atoms with Crippen molar-refractivity contribution in [1.29, 1.82) is 0 Å². The van der Waals surface area contributed by atoms with Gasteiger partial charge in [0, 0.05) is 31.7 Å². The molecule has 1 aromatic heterocycles. The molecule has 1 unspecified atom stereocenters. The zero-order valence-electron chi connectivity index (χ0n) is 17.9. The summed E-state index contributed by atoms with van der Waals surface area (Å²) < 4.78 is 38.6. The van der Waals surface area contributed by atoms with Crippen LogP contribution in [-0.4, -0.2) is 59.2 Å². The van der Waals surface area contributed by atoms with Crippen molar-refractivity contribution < 1.29 is 23.1 Å². The molecule has 6 nitrogen and oxygen atoms in total. The number of hydrogen-bond donors (Lipinski definition) is 2. The van der Waals surface area contributed by atoms with Crippen LogP contribution < -0.4 is 10.2 Å². The Hall–Kier alpha value is -2.91. The van der Waals surface area contributed by atoms with Gasteiger partial charge in [-0.2, -0.15) is 13.2 Å². The highest BCUT2D eigenvalue weighted by atomic mass is 19.4. The Morgan fingerprint density at radius 3 is 2.62 bits per heavy atom. The van der Waals surface area contributed by atoms with Gasteiger partial charge >= 0.3 is 6.18 Å². The molecule has 0 spiro atoms. The van der Waals surface area contributed by atoms with Gasteiger partial charge in [0.05, 0.1) is 29.6 Å². The maximum absolute atomic E-state index is 12.9. The zero-order chi connectivity index (χ0) is 23.4. The van der Waals surface area contributed by atoms with Gasteiger partial charge in [0.2, 0.25) is 0 Å². The van der Waals surface area contributed by atoms with E-state index in [1.807, 2.05) is 6.92 Å². The topological polar surface area (TPSA) is 68.7 Å². The Kier molecular flexibility index (Phi) is 7.20. The summed E-state index contributed by atoms with van der Waals surface area (Å²) in [5.74, 6) is 0.108. The molecular formula is C23H27F3N4O2. The first kappa shape index (κ1) is 23.7. The maximum atomic E-state index is 12.9. The Morgan fingerprint density at radius 2 is 2.00 bits per heavy atom. The number of aliphatic hydroxyl groups excluding tert-OH is 1. The number of nitrogens with zero attached hydrogens (tertiary/aromatic N) is 3. The summed E-state index contributed by atoms with van der Waals surface area (Å²) in [6.07, 6.45) is -0.366. The zero-order valence-corrected chi connectivity index (χ0v) is 17.9. The molecule has 0 radical (unpaired) electrons. The van der Waals surface area contributed by atoms with Gasteiger partial charge in [-0.3, -0.25) is 9.69 Å². The van der Waals surface area contributed by atoms with E-state index in [1.54, 1.807) is 18.2 Å². The number of aromatic nitrogens is 1. The molecule has 2 N–H and O–H groups in total. The average molecular weight is 448 g/mol. The van der Waals surface area contributed by atoms with E-state index in [-0.39, 0.29) is 12.2 Å². The molecule has 1 fully saturated rings. The van der Waals surface area contributed by atoms with Crippen LogP contribution in [0, 0.1) is 0 Å². The third-order valence-corrected chi connectivity index (χ3v) is 5.76. The summed E-state index contributed by atoms with van der Waals surface area (Å²) in [5, 5.41) is 12.3. The lowest BCUT2D eigenvalue weighted by atomic mass is 10.0. The molecule has 0 saturated carbocycles. The lowest BCUT2D eigenvalue weighted by Crippen LogP contribution is -2.49. The van der Waals surface area contributed by atoms with Gasteiger partial charge in [-0.1, -0.05) is 12.1 Å². The molecule has 32 heavy (non-hydrogen) atoms. The third kappa shape index (κ3) is 5.46. The minimum Gasteiger partial charge on any atom is -0.394 e. The van der Waals surface area contributed by atoms with E-state index in [1.165, 1.54) is 18.3 Å². The van der Waals surface area contributed by atoms with Crippen LogP contribution in [0.2, 0.25) is 0 Å². The lowest BCUT2D eigenvalue weighted by Gasteiger charge is -2.37. The number of anilines is 2. The standard InChI is InChI=1S/C23H27F3N4O2/c1-3-22(2,16-31)30-11-5-10-29(12-13-30)20-9-8-19(15-27-20)28-21(32)17-6-4-7-18(14-17)23(24,25)26/h3-4,6-9,14-15,31H,1,5,10-13,16H2,2H3,(H,28,32). The van der Waals surface area contributed by atoms with Crippen molar-refractivity contribution in [3.63, 3.8) is 0 Å².